The van der Waals surface area contributed by atoms with Crippen molar-refractivity contribution < 1.29 is 9.59 Å². The molecule has 0 aromatic heterocycles. The van der Waals surface area contributed by atoms with Crippen molar-refractivity contribution in [1.82, 2.24) is 10.2 Å². The zero-order valence-corrected chi connectivity index (χ0v) is 20.9. The van der Waals surface area contributed by atoms with E-state index < -0.39 is 6.04 Å². The van der Waals surface area contributed by atoms with E-state index in [4.69, 9.17) is 11.6 Å². The predicted octanol–water partition coefficient (Wildman–Crippen LogP) is 5.98. The Labute approximate surface area is 202 Å². The molecule has 0 saturated heterocycles. The second kappa shape index (κ2) is 14.2. The summed E-state index contributed by atoms with van der Waals surface area (Å²) in [5.41, 5.74) is 1.17. The Morgan fingerprint density at radius 2 is 1.72 bits per heavy atom. The van der Waals surface area contributed by atoms with Gasteiger partial charge >= 0.3 is 0 Å². The first-order valence-corrected chi connectivity index (χ1v) is 12.8. The highest BCUT2D eigenvalue weighted by molar-refractivity contribution is 7.99. The first-order valence-electron chi connectivity index (χ1n) is 11.5. The lowest BCUT2D eigenvalue weighted by molar-refractivity contribution is -0.141. The minimum absolute atomic E-state index is 0.0452. The number of halogens is 1. The predicted molar refractivity (Wildman–Crippen MR) is 135 cm³/mol. The summed E-state index contributed by atoms with van der Waals surface area (Å²) in [6.07, 6.45) is 3.39. The second-order valence-corrected chi connectivity index (χ2v) is 9.58. The molecule has 0 aliphatic rings. The summed E-state index contributed by atoms with van der Waals surface area (Å²) in [4.78, 5) is 29.1. The van der Waals surface area contributed by atoms with Crippen LogP contribution in [0.3, 0.4) is 0 Å². The van der Waals surface area contributed by atoms with Gasteiger partial charge in [0.2, 0.25) is 11.8 Å². The van der Waals surface area contributed by atoms with Crippen LogP contribution in [0.2, 0.25) is 5.02 Å². The first-order chi connectivity index (χ1) is 15.4. The Morgan fingerprint density at radius 3 is 2.34 bits per heavy atom. The topological polar surface area (TPSA) is 49.4 Å². The maximum Gasteiger partial charge on any atom is 0.243 e. The number of rotatable bonds is 13. The molecular weight excluding hydrogens is 440 g/mol. The molecule has 2 rings (SSSR count). The second-order valence-electron chi connectivity index (χ2n) is 7.97. The molecule has 0 aliphatic carbocycles. The molecule has 174 valence electrons. The lowest BCUT2D eigenvalue weighted by Gasteiger charge is -2.31. The number of carbonyl (C=O) groups excluding carboxylic acids is 2. The van der Waals surface area contributed by atoms with Gasteiger partial charge in [0.15, 0.2) is 0 Å². The molecule has 2 aromatic carbocycles. The first kappa shape index (κ1) is 26.3. The van der Waals surface area contributed by atoms with Gasteiger partial charge in [-0.1, -0.05) is 55.8 Å². The molecule has 4 nitrogen and oxygen atoms in total. The summed E-state index contributed by atoms with van der Waals surface area (Å²) in [7, 11) is 0. The third-order valence-corrected chi connectivity index (χ3v) is 6.84. The lowest BCUT2D eigenvalue weighted by atomic mass is 10.1. The summed E-state index contributed by atoms with van der Waals surface area (Å²) in [5, 5.41) is 3.78. The van der Waals surface area contributed by atoms with Crippen molar-refractivity contribution in [3.05, 3.63) is 65.2 Å². The van der Waals surface area contributed by atoms with Crippen LogP contribution < -0.4 is 5.32 Å². The molecule has 0 aliphatic heterocycles. The highest BCUT2D eigenvalue weighted by atomic mass is 35.5. The monoisotopic (exact) mass is 474 g/mol. The minimum atomic E-state index is -0.441. The Balaban J connectivity index is 1.99. The van der Waals surface area contributed by atoms with Gasteiger partial charge in [-0.2, -0.15) is 0 Å². The number of nitrogens with one attached hydrogen (secondary N) is 1. The molecule has 2 atom stereocenters. The third kappa shape index (κ3) is 8.87. The average Bonchev–Trinajstić information content (AvgIpc) is 2.80. The lowest BCUT2D eigenvalue weighted by Crippen LogP contribution is -2.51. The maximum atomic E-state index is 13.2. The zero-order chi connectivity index (χ0) is 23.3. The number of hydrogen-bond donors (Lipinski definition) is 1. The zero-order valence-electron chi connectivity index (χ0n) is 19.4. The smallest absolute Gasteiger partial charge is 0.243 e. The summed E-state index contributed by atoms with van der Waals surface area (Å²) in [5.74, 6) is 0.832. The largest absolute Gasteiger partial charge is 0.352 e. The van der Waals surface area contributed by atoms with E-state index in [2.05, 4.69) is 17.4 Å². The van der Waals surface area contributed by atoms with Gasteiger partial charge in [-0.05, 0) is 68.2 Å². The molecule has 1 N–H and O–H groups in total. The van der Waals surface area contributed by atoms with Crippen molar-refractivity contribution in [3.63, 3.8) is 0 Å². The Hall–Kier alpha value is -1.98. The van der Waals surface area contributed by atoms with E-state index in [0.717, 1.165) is 34.9 Å². The average molecular weight is 475 g/mol. The van der Waals surface area contributed by atoms with Crippen molar-refractivity contribution >= 4 is 35.2 Å². The highest BCUT2D eigenvalue weighted by Crippen LogP contribution is 2.22. The molecular formula is C26H35ClN2O2S. The van der Waals surface area contributed by atoms with Crippen molar-refractivity contribution in [3.8, 4) is 0 Å². The number of amides is 2. The van der Waals surface area contributed by atoms with Crippen molar-refractivity contribution in [2.75, 3.05) is 12.3 Å². The fourth-order valence-corrected chi connectivity index (χ4v) is 4.40. The van der Waals surface area contributed by atoms with Crippen molar-refractivity contribution in [2.24, 2.45) is 0 Å². The molecule has 2 aromatic rings. The summed E-state index contributed by atoms with van der Waals surface area (Å²) >= 11 is 7.66. The Morgan fingerprint density at radius 1 is 1.03 bits per heavy atom. The van der Waals surface area contributed by atoms with Crippen LogP contribution in [0.25, 0.3) is 0 Å². The maximum absolute atomic E-state index is 13.2. The number of benzene rings is 2. The fraction of sp³-hybridized carbons (Fsp3) is 0.462. The SMILES string of the molecule is CC[C@@H](C)NC(=O)[C@H](CC)N(CCc1ccccc1)C(=O)CCCSc1ccc(Cl)cc1. The quantitative estimate of drug-likeness (QED) is 0.287. The van der Waals surface area contributed by atoms with Gasteiger partial charge in [0.1, 0.15) is 6.04 Å². The van der Waals surface area contributed by atoms with Gasteiger partial charge in [-0.15, -0.1) is 11.8 Å². The van der Waals surface area contributed by atoms with Crippen LogP contribution in [-0.2, 0) is 16.0 Å². The Kier molecular flexibility index (Phi) is 11.7. The normalized spacial score (nSPS) is 12.8. The van der Waals surface area contributed by atoms with Crippen LogP contribution in [0.5, 0.6) is 0 Å². The van der Waals surface area contributed by atoms with Gasteiger partial charge in [-0.25, -0.2) is 0 Å². The van der Waals surface area contributed by atoms with E-state index in [-0.39, 0.29) is 17.9 Å². The number of thioether (sulfide) groups is 1. The third-order valence-electron chi connectivity index (χ3n) is 5.49. The van der Waals surface area contributed by atoms with Gasteiger partial charge in [0.05, 0.1) is 0 Å². The van der Waals surface area contributed by atoms with Crippen molar-refractivity contribution in [2.45, 2.75) is 69.9 Å². The van der Waals surface area contributed by atoms with E-state index in [9.17, 15) is 9.59 Å². The summed E-state index contributed by atoms with van der Waals surface area (Å²) in [6.45, 7) is 6.55. The molecule has 0 unspecified atom stereocenters. The number of nitrogens with zero attached hydrogens (tertiary/aromatic N) is 1. The van der Waals surface area contributed by atoms with Crippen molar-refractivity contribution in [1.29, 1.82) is 0 Å². The Bertz CT molecular complexity index is 829. The highest BCUT2D eigenvalue weighted by Gasteiger charge is 2.28. The number of carbonyl (C=O) groups is 2. The van der Waals surface area contributed by atoms with Gasteiger partial charge in [-0.3, -0.25) is 9.59 Å². The van der Waals surface area contributed by atoms with Gasteiger partial charge in [0.25, 0.3) is 0 Å². The molecule has 0 heterocycles. The molecule has 6 heteroatoms. The van der Waals surface area contributed by atoms with E-state index in [1.165, 1.54) is 5.56 Å². The summed E-state index contributed by atoms with van der Waals surface area (Å²) in [6, 6.07) is 17.5. The molecule has 2 amide bonds. The van der Waals surface area contributed by atoms with Crippen LogP contribution >= 0.6 is 23.4 Å². The van der Waals surface area contributed by atoms with Crippen LogP contribution in [0.1, 0.15) is 52.0 Å². The molecule has 0 saturated carbocycles. The van der Waals surface area contributed by atoms with Crippen LogP contribution in [0.4, 0.5) is 0 Å². The standard InChI is InChI=1S/C26H35ClN2O2S/c1-4-20(3)28-26(31)24(5-2)29(18-17-21-10-7-6-8-11-21)25(30)12-9-19-32-23-15-13-22(27)14-16-23/h6-8,10-11,13-16,20,24H,4-5,9,12,17-19H2,1-3H3,(H,28,31)/t20-,24+/m1/s1. The molecule has 0 fully saturated rings. The number of hydrogen-bond acceptors (Lipinski definition) is 3. The molecule has 32 heavy (non-hydrogen) atoms. The van der Waals surface area contributed by atoms with E-state index in [1.54, 1.807) is 16.7 Å². The van der Waals surface area contributed by atoms with Crippen LogP contribution in [-0.4, -0.2) is 41.1 Å². The van der Waals surface area contributed by atoms with Gasteiger partial charge in [0, 0.05) is 28.9 Å². The molecule has 0 radical (unpaired) electrons. The van der Waals surface area contributed by atoms with E-state index >= 15 is 0 Å². The van der Waals surface area contributed by atoms with Gasteiger partial charge < -0.3 is 10.2 Å². The molecule has 0 bridgehead atoms. The van der Waals surface area contributed by atoms with Crippen LogP contribution in [0.15, 0.2) is 59.5 Å². The minimum Gasteiger partial charge on any atom is -0.352 e. The van der Waals surface area contributed by atoms with E-state index in [0.29, 0.717) is 19.4 Å². The van der Waals surface area contributed by atoms with Crippen LogP contribution in [0, 0.1) is 0 Å². The summed E-state index contributed by atoms with van der Waals surface area (Å²) < 4.78 is 0. The fourth-order valence-electron chi connectivity index (χ4n) is 3.42. The van der Waals surface area contributed by atoms with E-state index in [1.807, 2.05) is 63.2 Å². The molecule has 0 spiro atoms.